The number of rotatable bonds is 4. The zero-order valence-electron chi connectivity index (χ0n) is 14.3. The van der Waals surface area contributed by atoms with Crippen molar-refractivity contribution in [3.05, 3.63) is 34.9 Å². The molecule has 0 bridgehead atoms. The fraction of sp³-hybridized carbons (Fsp3) is 0.471. The molecule has 0 saturated carbocycles. The van der Waals surface area contributed by atoms with E-state index < -0.39 is 15.9 Å². The van der Waals surface area contributed by atoms with Crippen LogP contribution in [0.2, 0.25) is 5.02 Å². The molecule has 0 spiro atoms. The quantitative estimate of drug-likeness (QED) is 0.836. The van der Waals surface area contributed by atoms with E-state index in [1.807, 2.05) is 19.1 Å². The fourth-order valence-corrected chi connectivity index (χ4v) is 4.92. The van der Waals surface area contributed by atoms with Crippen molar-refractivity contribution >= 4 is 39.0 Å². The van der Waals surface area contributed by atoms with E-state index in [2.05, 4.69) is 10.4 Å². The smallest absolute Gasteiger partial charge is 0.267 e. The van der Waals surface area contributed by atoms with Gasteiger partial charge in [-0.15, -0.1) is 0 Å². The fourth-order valence-electron chi connectivity index (χ4n) is 3.10. The van der Waals surface area contributed by atoms with Crippen molar-refractivity contribution in [2.75, 3.05) is 11.5 Å². The van der Waals surface area contributed by atoms with Crippen LogP contribution in [0.15, 0.2) is 29.4 Å². The van der Waals surface area contributed by atoms with Gasteiger partial charge in [-0.3, -0.25) is 9.59 Å². The van der Waals surface area contributed by atoms with Crippen molar-refractivity contribution in [1.82, 2.24) is 10.3 Å². The minimum Gasteiger partial charge on any atom is -0.344 e. The minimum absolute atomic E-state index is 0.0477. The van der Waals surface area contributed by atoms with Gasteiger partial charge in [0.25, 0.3) is 5.91 Å². The second-order valence-corrected chi connectivity index (χ2v) is 9.25. The molecule has 0 aliphatic carbocycles. The number of carbonyl (C=O) groups excluding carboxylic acids is 2. The highest BCUT2D eigenvalue weighted by molar-refractivity contribution is 7.91. The number of carbonyl (C=O) groups is 2. The average molecular weight is 398 g/mol. The van der Waals surface area contributed by atoms with Crippen LogP contribution in [0.5, 0.6) is 0 Å². The van der Waals surface area contributed by atoms with Gasteiger partial charge in [0.15, 0.2) is 9.84 Å². The molecule has 9 heteroatoms. The molecular formula is C17H20ClN3O4S. The molecule has 0 radical (unpaired) electrons. The number of hydrogen-bond acceptors (Lipinski definition) is 5. The first kappa shape index (κ1) is 18.8. The highest BCUT2D eigenvalue weighted by atomic mass is 35.5. The molecule has 140 valence electrons. The number of hydrogen-bond donors (Lipinski definition) is 1. The molecule has 0 aromatic heterocycles. The summed E-state index contributed by atoms with van der Waals surface area (Å²) in [4.78, 5) is 24.6. The van der Waals surface area contributed by atoms with E-state index in [-0.39, 0.29) is 47.9 Å². The number of halogens is 1. The molecule has 2 amide bonds. The Hall–Kier alpha value is -1.93. The van der Waals surface area contributed by atoms with Crippen LogP contribution >= 0.6 is 11.6 Å². The molecule has 2 unspecified atom stereocenters. The van der Waals surface area contributed by atoms with Crippen LogP contribution in [0.25, 0.3) is 0 Å². The Labute approximate surface area is 157 Å². The Morgan fingerprint density at radius 1 is 1.31 bits per heavy atom. The lowest BCUT2D eigenvalue weighted by atomic mass is 10.1. The third kappa shape index (κ3) is 4.24. The second-order valence-electron chi connectivity index (χ2n) is 6.59. The van der Waals surface area contributed by atoms with E-state index in [1.54, 1.807) is 12.1 Å². The predicted molar refractivity (Wildman–Crippen MR) is 98.6 cm³/mol. The van der Waals surface area contributed by atoms with Crippen LogP contribution in [0.3, 0.4) is 0 Å². The van der Waals surface area contributed by atoms with Gasteiger partial charge in [0.05, 0.1) is 23.6 Å². The third-order valence-electron chi connectivity index (χ3n) is 4.59. The van der Waals surface area contributed by atoms with Gasteiger partial charge < -0.3 is 5.32 Å². The van der Waals surface area contributed by atoms with Crippen molar-refractivity contribution in [3.8, 4) is 0 Å². The first-order valence-electron chi connectivity index (χ1n) is 8.41. The van der Waals surface area contributed by atoms with Gasteiger partial charge in [-0.1, -0.05) is 23.7 Å². The first-order chi connectivity index (χ1) is 12.2. The zero-order valence-corrected chi connectivity index (χ0v) is 15.9. The predicted octanol–water partition coefficient (Wildman–Crippen LogP) is 1.68. The van der Waals surface area contributed by atoms with E-state index in [0.29, 0.717) is 11.4 Å². The summed E-state index contributed by atoms with van der Waals surface area (Å²) in [7, 11) is -3.14. The van der Waals surface area contributed by atoms with E-state index in [9.17, 15) is 18.0 Å². The monoisotopic (exact) mass is 397 g/mol. The number of sulfone groups is 1. The molecule has 1 aromatic carbocycles. The largest absolute Gasteiger partial charge is 0.344 e. The lowest BCUT2D eigenvalue weighted by Crippen LogP contribution is -2.44. The van der Waals surface area contributed by atoms with Crippen molar-refractivity contribution in [2.24, 2.45) is 5.10 Å². The van der Waals surface area contributed by atoms with Gasteiger partial charge in [-0.05, 0) is 31.0 Å². The number of amides is 2. The maximum absolute atomic E-state index is 12.5. The molecule has 2 heterocycles. The highest BCUT2D eigenvalue weighted by Gasteiger charge is 2.37. The Morgan fingerprint density at radius 3 is 2.62 bits per heavy atom. The Balaban J connectivity index is 1.71. The topological polar surface area (TPSA) is 95.9 Å². The number of hydrazone groups is 1. The normalized spacial score (nSPS) is 23.5. The number of nitrogens with zero attached hydrogens (tertiary/aromatic N) is 2. The molecule has 2 aliphatic rings. The average Bonchev–Trinajstić information content (AvgIpc) is 2.95. The molecule has 3 rings (SSSR count). The van der Waals surface area contributed by atoms with Crippen LogP contribution in [0.4, 0.5) is 0 Å². The Bertz CT molecular complexity index is 851. The molecule has 2 atom stereocenters. The molecule has 1 N–H and O–H groups in total. The van der Waals surface area contributed by atoms with Gasteiger partial charge in [-0.25, -0.2) is 13.4 Å². The highest BCUT2D eigenvalue weighted by Crippen LogP contribution is 2.22. The Kier molecular flexibility index (Phi) is 5.34. The van der Waals surface area contributed by atoms with Crippen molar-refractivity contribution in [2.45, 2.75) is 38.3 Å². The summed E-state index contributed by atoms with van der Waals surface area (Å²) < 4.78 is 23.3. The van der Waals surface area contributed by atoms with Crippen molar-refractivity contribution < 1.29 is 18.0 Å². The lowest BCUT2D eigenvalue weighted by Gasteiger charge is -2.28. The third-order valence-corrected chi connectivity index (χ3v) is 6.60. The van der Waals surface area contributed by atoms with Gasteiger partial charge in [0.2, 0.25) is 5.91 Å². The van der Waals surface area contributed by atoms with Crippen LogP contribution in [0.1, 0.15) is 37.8 Å². The van der Waals surface area contributed by atoms with Crippen LogP contribution in [0, 0.1) is 0 Å². The summed E-state index contributed by atoms with van der Waals surface area (Å²) in [6.07, 6.45) is 0.750. The Morgan fingerprint density at radius 2 is 2.00 bits per heavy atom. The van der Waals surface area contributed by atoms with Crippen LogP contribution in [-0.4, -0.2) is 48.5 Å². The van der Waals surface area contributed by atoms with Crippen LogP contribution in [-0.2, 0) is 19.4 Å². The number of nitrogens with one attached hydrogen (secondary N) is 1. The van der Waals surface area contributed by atoms with Crippen molar-refractivity contribution in [1.29, 1.82) is 0 Å². The first-order valence-corrected chi connectivity index (χ1v) is 10.6. The standard InChI is InChI=1S/C17H20ClN3O4S/c1-11(12-2-4-13(18)5-3-12)19-17(23)15-6-7-16(22)21(20-15)14-8-9-26(24,25)10-14/h2-5,11,14H,6-10H2,1H3,(H,19,23). The summed E-state index contributed by atoms with van der Waals surface area (Å²) in [5, 5.41) is 8.84. The van der Waals surface area contributed by atoms with Crippen LogP contribution < -0.4 is 5.32 Å². The summed E-state index contributed by atoms with van der Waals surface area (Å²) >= 11 is 5.87. The van der Waals surface area contributed by atoms with Crippen molar-refractivity contribution in [3.63, 3.8) is 0 Å². The molecule has 1 fully saturated rings. The maximum Gasteiger partial charge on any atom is 0.267 e. The van der Waals surface area contributed by atoms with E-state index in [4.69, 9.17) is 11.6 Å². The molecule has 7 nitrogen and oxygen atoms in total. The van der Waals surface area contributed by atoms with Gasteiger partial charge in [0, 0.05) is 17.9 Å². The molecule has 26 heavy (non-hydrogen) atoms. The summed E-state index contributed by atoms with van der Waals surface area (Å²) in [5.41, 5.74) is 1.14. The maximum atomic E-state index is 12.5. The summed E-state index contributed by atoms with van der Waals surface area (Å²) in [6.45, 7) is 1.84. The van der Waals surface area contributed by atoms with Gasteiger partial charge in [0.1, 0.15) is 5.71 Å². The van der Waals surface area contributed by atoms with E-state index >= 15 is 0 Å². The SMILES string of the molecule is CC(NC(=O)C1=NN(C2CCS(=O)(=O)C2)C(=O)CC1)c1ccc(Cl)cc1. The summed E-state index contributed by atoms with van der Waals surface area (Å²) in [6, 6.07) is 6.42. The van der Waals surface area contributed by atoms with E-state index in [1.165, 1.54) is 5.01 Å². The van der Waals surface area contributed by atoms with Gasteiger partial charge >= 0.3 is 0 Å². The molecular weight excluding hydrogens is 378 g/mol. The molecule has 1 aromatic rings. The van der Waals surface area contributed by atoms with E-state index in [0.717, 1.165) is 5.56 Å². The van der Waals surface area contributed by atoms with Gasteiger partial charge in [-0.2, -0.15) is 5.10 Å². The molecule has 1 saturated heterocycles. The zero-order chi connectivity index (χ0) is 18.9. The second kappa shape index (κ2) is 7.36. The minimum atomic E-state index is -3.14. The number of benzene rings is 1. The lowest BCUT2D eigenvalue weighted by molar-refractivity contribution is -0.133. The summed E-state index contributed by atoms with van der Waals surface area (Å²) in [5.74, 6) is -0.648. The molecule has 2 aliphatic heterocycles.